The molecule has 0 radical (unpaired) electrons. The van der Waals surface area contributed by atoms with Crippen molar-refractivity contribution in [2.45, 2.75) is 33.7 Å². The maximum atomic E-state index is 5.80. The summed E-state index contributed by atoms with van der Waals surface area (Å²) in [6.07, 6.45) is 2.77. The van der Waals surface area contributed by atoms with Gasteiger partial charge in [-0.05, 0) is 12.0 Å². The monoisotopic (exact) mass is 317 g/mol. The van der Waals surface area contributed by atoms with E-state index >= 15 is 0 Å². The van der Waals surface area contributed by atoms with Gasteiger partial charge in [0.2, 0.25) is 0 Å². The van der Waals surface area contributed by atoms with Crippen LogP contribution in [-0.2, 0) is 11.3 Å². The maximum Gasteiger partial charge on any atom is 0.147 e. The lowest BCUT2D eigenvalue weighted by molar-refractivity contribution is 0.172. The van der Waals surface area contributed by atoms with Gasteiger partial charge in [-0.1, -0.05) is 32.9 Å². The second-order valence-corrected chi connectivity index (χ2v) is 6.22. The van der Waals surface area contributed by atoms with Gasteiger partial charge >= 0.3 is 0 Å². The van der Waals surface area contributed by atoms with E-state index in [1.54, 1.807) is 7.11 Å². The molecule has 0 N–H and O–H groups in total. The third-order valence-electron chi connectivity index (χ3n) is 3.18. The first-order valence-electron chi connectivity index (χ1n) is 8.24. The van der Waals surface area contributed by atoms with Gasteiger partial charge in [-0.2, -0.15) is 5.10 Å². The third kappa shape index (κ3) is 4.79. The molecule has 0 bridgehead atoms. The molecule has 5 nitrogen and oxygen atoms in total. The van der Waals surface area contributed by atoms with E-state index in [4.69, 9.17) is 9.47 Å². The molecule has 2 aromatic rings. The first-order chi connectivity index (χ1) is 11.1. The van der Waals surface area contributed by atoms with Crippen LogP contribution in [0.1, 0.15) is 32.9 Å². The quantitative estimate of drug-likeness (QED) is 0.792. The van der Waals surface area contributed by atoms with Gasteiger partial charge in [0, 0.05) is 31.7 Å². The van der Waals surface area contributed by atoms with Crippen molar-refractivity contribution in [3.8, 4) is 5.75 Å². The number of nitrogens with zero attached hydrogens (tertiary/aromatic N) is 3. The second kappa shape index (κ2) is 8.67. The summed E-state index contributed by atoms with van der Waals surface area (Å²) in [5.74, 6) is 1.67. The van der Waals surface area contributed by atoms with Crippen molar-refractivity contribution in [2.24, 2.45) is 10.9 Å². The molecule has 0 spiro atoms. The van der Waals surface area contributed by atoms with Crippen LogP contribution in [0.25, 0.3) is 10.9 Å². The van der Waals surface area contributed by atoms with Crippen molar-refractivity contribution < 1.29 is 9.47 Å². The fourth-order valence-corrected chi connectivity index (χ4v) is 2.26. The first-order valence-corrected chi connectivity index (χ1v) is 8.24. The number of fused-ring (bicyclic) bond motifs is 3. The lowest BCUT2D eigenvalue weighted by Gasteiger charge is -2.06. The highest BCUT2D eigenvalue weighted by Gasteiger charge is 2.15. The zero-order valence-corrected chi connectivity index (χ0v) is 14.6. The summed E-state index contributed by atoms with van der Waals surface area (Å²) in [6.45, 7) is 9.49. The summed E-state index contributed by atoms with van der Waals surface area (Å²) in [6, 6.07) is 6.03. The molecule has 1 aromatic heterocycles. The minimum absolute atomic E-state index is 0.642. The number of hydrogen-bond acceptors (Lipinski definition) is 4. The van der Waals surface area contributed by atoms with Gasteiger partial charge < -0.3 is 9.47 Å². The Bertz CT molecular complexity index is 644. The summed E-state index contributed by atoms with van der Waals surface area (Å²) < 4.78 is 12.8. The van der Waals surface area contributed by atoms with Crippen molar-refractivity contribution in [1.29, 1.82) is 0 Å². The Labute approximate surface area is 138 Å². The Kier molecular flexibility index (Phi) is 6.59. The highest BCUT2D eigenvalue weighted by atomic mass is 16.5. The Morgan fingerprint density at radius 1 is 1.22 bits per heavy atom. The van der Waals surface area contributed by atoms with Crippen LogP contribution in [0.4, 0.5) is 0 Å². The van der Waals surface area contributed by atoms with E-state index in [0.717, 1.165) is 47.8 Å². The van der Waals surface area contributed by atoms with Gasteiger partial charge in [-0.15, -0.1) is 0 Å². The highest BCUT2D eigenvalue weighted by molar-refractivity contribution is 5.99. The van der Waals surface area contributed by atoms with E-state index in [-0.39, 0.29) is 0 Å². The van der Waals surface area contributed by atoms with Crippen LogP contribution >= 0.6 is 0 Å². The van der Waals surface area contributed by atoms with E-state index < -0.39 is 0 Å². The predicted octanol–water partition coefficient (Wildman–Crippen LogP) is 3.55. The van der Waals surface area contributed by atoms with E-state index in [0.29, 0.717) is 13.2 Å². The van der Waals surface area contributed by atoms with Crippen LogP contribution in [0.2, 0.25) is 0 Å². The number of aliphatic imine (C=N–C) groups is 1. The molecule has 3 rings (SSSR count). The van der Waals surface area contributed by atoms with Crippen LogP contribution in [0, 0.1) is 5.92 Å². The molecule has 2 heterocycles. The van der Waals surface area contributed by atoms with Crippen LogP contribution in [0.15, 0.2) is 23.2 Å². The van der Waals surface area contributed by atoms with Crippen LogP contribution in [0.3, 0.4) is 0 Å². The van der Waals surface area contributed by atoms with Gasteiger partial charge in [-0.25, -0.2) is 0 Å². The molecular weight excluding hydrogens is 290 g/mol. The molecular formula is C18H27N3O2. The van der Waals surface area contributed by atoms with Crippen molar-refractivity contribution in [3.63, 3.8) is 0 Å². The van der Waals surface area contributed by atoms with Crippen LogP contribution < -0.4 is 4.74 Å². The van der Waals surface area contributed by atoms with Gasteiger partial charge in [0.05, 0.1) is 25.4 Å². The van der Waals surface area contributed by atoms with E-state index in [9.17, 15) is 0 Å². The number of hydrogen-bond donors (Lipinski definition) is 0. The van der Waals surface area contributed by atoms with E-state index in [1.165, 1.54) is 0 Å². The molecule has 5 heteroatoms. The van der Waals surface area contributed by atoms with Crippen LogP contribution in [0.5, 0.6) is 5.75 Å². The average Bonchev–Trinajstić information content (AvgIpc) is 2.90. The molecule has 0 unspecified atom stereocenters. The fourth-order valence-electron chi connectivity index (χ4n) is 2.26. The molecule has 0 fully saturated rings. The third-order valence-corrected chi connectivity index (χ3v) is 3.18. The lowest BCUT2D eigenvalue weighted by Crippen LogP contribution is -2.11. The minimum Gasteiger partial charge on any atom is -0.491 e. The second-order valence-electron chi connectivity index (χ2n) is 6.22. The summed E-state index contributed by atoms with van der Waals surface area (Å²) >= 11 is 0. The Balaban J connectivity index is 0.000000433. The lowest BCUT2D eigenvalue weighted by atomic mass is 10.2. The molecule has 0 amide bonds. The molecule has 0 saturated heterocycles. The minimum atomic E-state index is 0.642. The summed E-state index contributed by atoms with van der Waals surface area (Å²) in [7, 11) is 1.70. The molecule has 126 valence electrons. The molecule has 1 aliphatic heterocycles. The number of rotatable bonds is 5. The number of ether oxygens (including phenoxy) is 2. The summed E-state index contributed by atoms with van der Waals surface area (Å²) in [4.78, 5) is 4.31. The predicted molar refractivity (Wildman–Crippen MR) is 94.7 cm³/mol. The summed E-state index contributed by atoms with van der Waals surface area (Å²) in [5, 5.41) is 5.73. The SMILES string of the molecule is CC(C)C.COCCCOc1cccc2c3n(nc12)CCN=C3. The number of aromatic nitrogens is 2. The fraction of sp³-hybridized carbons (Fsp3) is 0.556. The molecule has 1 aliphatic rings. The van der Waals surface area contributed by atoms with E-state index in [2.05, 4.69) is 36.9 Å². The van der Waals surface area contributed by atoms with Crippen molar-refractivity contribution in [2.75, 3.05) is 26.9 Å². The van der Waals surface area contributed by atoms with Crippen molar-refractivity contribution >= 4 is 17.1 Å². The highest BCUT2D eigenvalue weighted by Crippen LogP contribution is 2.27. The Morgan fingerprint density at radius 3 is 2.74 bits per heavy atom. The van der Waals surface area contributed by atoms with Crippen molar-refractivity contribution in [3.05, 3.63) is 23.9 Å². The van der Waals surface area contributed by atoms with Crippen molar-refractivity contribution in [1.82, 2.24) is 9.78 Å². The first kappa shape index (κ1) is 17.5. The van der Waals surface area contributed by atoms with Gasteiger partial charge in [-0.3, -0.25) is 9.67 Å². The van der Waals surface area contributed by atoms with E-state index in [1.807, 2.05) is 23.0 Å². The molecule has 0 atom stereocenters. The topological polar surface area (TPSA) is 48.6 Å². The van der Waals surface area contributed by atoms with Crippen LogP contribution in [-0.4, -0.2) is 42.9 Å². The standard InChI is InChI=1S/C14H17N3O2.C4H10/c1-18-8-3-9-19-13-5-2-4-11-12-10-15-6-7-17(12)16-14(11)13;1-4(2)3/h2,4-5,10H,3,6-9H2,1H3;4H,1-3H3. The zero-order chi connectivity index (χ0) is 16.7. The smallest absolute Gasteiger partial charge is 0.147 e. The molecule has 1 aromatic carbocycles. The Morgan fingerprint density at radius 2 is 2.00 bits per heavy atom. The summed E-state index contributed by atoms with van der Waals surface area (Å²) in [5.41, 5.74) is 1.99. The maximum absolute atomic E-state index is 5.80. The van der Waals surface area contributed by atoms with Gasteiger partial charge in [0.25, 0.3) is 0 Å². The largest absolute Gasteiger partial charge is 0.491 e. The van der Waals surface area contributed by atoms with Gasteiger partial charge in [0.15, 0.2) is 0 Å². The Hall–Kier alpha value is -1.88. The number of methoxy groups -OCH3 is 1. The van der Waals surface area contributed by atoms with Gasteiger partial charge in [0.1, 0.15) is 11.3 Å². The number of benzene rings is 1. The normalized spacial score (nSPS) is 12.9. The molecule has 0 aliphatic carbocycles. The molecule has 0 saturated carbocycles. The average molecular weight is 317 g/mol. The molecule has 23 heavy (non-hydrogen) atoms. The zero-order valence-electron chi connectivity index (χ0n) is 14.6.